The van der Waals surface area contributed by atoms with Crippen molar-refractivity contribution >= 4 is 40.2 Å². The summed E-state index contributed by atoms with van der Waals surface area (Å²) in [5.41, 5.74) is 2.97. The molecule has 1 fully saturated rings. The summed E-state index contributed by atoms with van der Waals surface area (Å²) in [5, 5.41) is 0.962. The van der Waals surface area contributed by atoms with E-state index in [1.54, 1.807) is 12.1 Å². The molecule has 2 aromatic carbocycles. The Morgan fingerprint density at radius 2 is 1.81 bits per heavy atom. The summed E-state index contributed by atoms with van der Waals surface area (Å²) in [6.07, 6.45) is 3.86. The van der Waals surface area contributed by atoms with E-state index in [1.165, 1.54) is 6.42 Å². The third-order valence-corrected chi connectivity index (χ3v) is 5.17. The van der Waals surface area contributed by atoms with Crippen molar-refractivity contribution in [3.8, 4) is 11.5 Å². The number of carbonyl (C=O) groups excluding carboxylic acids is 1. The number of piperidine rings is 1. The molecule has 0 bridgehead atoms. The normalized spacial score (nSPS) is 14.8. The van der Waals surface area contributed by atoms with E-state index in [0.717, 1.165) is 37.1 Å². The Hall–Kier alpha value is -2.04. The Kier molecular flexibility index (Phi) is 4.88. The summed E-state index contributed by atoms with van der Waals surface area (Å²) >= 11 is 12.2. The van der Waals surface area contributed by atoms with Crippen molar-refractivity contribution in [1.82, 2.24) is 9.88 Å². The zero-order valence-electron chi connectivity index (χ0n) is 14.2. The number of halogens is 2. The summed E-state index contributed by atoms with van der Waals surface area (Å²) in [7, 11) is 0. The van der Waals surface area contributed by atoms with Crippen molar-refractivity contribution in [2.75, 3.05) is 13.1 Å². The minimum absolute atomic E-state index is 0.195. The van der Waals surface area contributed by atoms with Crippen molar-refractivity contribution in [2.24, 2.45) is 0 Å². The maximum atomic E-state index is 12.4. The van der Waals surface area contributed by atoms with E-state index in [1.807, 2.05) is 29.2 Å². The van der Waals surface area contributed by atoms with Gasteiger partial charge in [0.15, 0.2) is 5.58 Å². The lowest BCUT2D eigenvalue weighted by Gasteiger charge is -2.26. The number of oxazole rings is 1. The number of aromatic nitrogens is 1. The van der Waals surface area contributed by atoms with Gasteiger partial charge in [-0.05, 0) is 49.1 Å². The van der Waals surface area contributed by atoms with E-state index in [2.05, 4.69) is 4.98 Å². The molecular weight excluding hydrogens is 371 g/mol. The molecular formula is C20H18Cl2N2O2. The number of hydrogen-bond acceptors (Lipinski definition) is 3. The number of nitrogens with zero attached hydrogens (tertiary/aromatic N) is 2. The van der Waals surface area contributed by atoms with Crippen LogP contribution in [0.3, 0.4) is 0 Å². The second-order valence-corrected chi connectivity index (χ2v) is 7.41. The van der Waals surface area contributed by atoms with Crippen LogP contribution in [0.25, 0.3) is 22.6 Å². The van der Waals surface area contributed by atoms with Crippen LogP contribution in [0.2, 0.25) is 10.0 Å². The molecule has 1 saturated heterocycles. The third kappa shape index (κ3) is 3.57. The van der Waals surface area contributed by atoms with Crippen LogP contribution >= 0.6 is 23.2 Å². The van der Waals surface area contributed by atoms with Gasteiger partial charge in [0.2, 0.25) is 11.8 Å². The van der Waals surface area contributed by atoms with Gasteiger partial charge in [0.25, 0.3) is 0 Å². The highest BCUT2D eigenvalue weighted by atomic mass is 35.5. The van der Waals surface area contributed by atoms with Crippen LogP contribution in [-0.2, 0) is 11.2 Å². The van der Waals surface area contributed by atoms with Crippen molar-refractivity contribution in [1.29, 1.82) is 0 Å². The molecule has 134 valence electrons. The fourth-order valence-corrected chi connectivity index (χ4v) is 3.80. The molecule has 0 atom stereocenters. The van der Waals surface area contributed by atoms with Crippen LogP contribution in [-0.4, -0.2) is 28.9 Å². The Bertz CT molecular complexity index is 944. The lowest BCUT2D eigenvalue weighted by molar-refractivity contribution is -0.131. The van der Waals surface area contributed by atoms with Crippen molar-refractivity contribution < 1.29 is 9.21 Å². The predicted octanol–water partition coefficient (Wildman–Crippen LogP) is 5.36. The van der Waals surface area contributed by atoms with E-state index in [0.29, 0.717) is 33.5 Å². The molecule has 6 heteroatoms. The maximum Gasteiger partial charge on any atom is 0.227 e. The molecule has 1 amide bonds. The van der Waals surface area contributed by atoms with Gasteiger partial charge in [-0.25, -0.2) is 4.98 Å². The minimum Gasteiger partial charge on any atom is -0.435 e. The Labute approximate surface area is 161 Å². The van der Waals surface area contributed by atoms with Gasteiger partial charge in [0.05, 0.1) is 11.4 Å². The third-order valence-electron chi connectivity index (χ3n) is 4.67. The molecule has 1 aliphatic heterocycles. The fourth-order valence-electron chi connectivity index (χ4n) is 3.28. The minimum atomic E-state index is 0.195. The van der Waals surface area contributed by atoms with Gasteiger partial charge in [0, 0.05) is 23.7 Å². The van der Waals surface area contributed by atoms with Gasteiger partial charge in [0.1, 0.15) is 5.52 Å². The molecule has 4 nitrogen and oxygen atoms in total. The van der Waals surface area contributed by atoms with Crippen LogP contribution in [0.4, 0.5) is 0 Å². The first-order chi connectivity index (χ1) is 12.6. The van der Waals surface area contributed by atoms with Crippen molar-refractivity contribution in [3.63, 3.8) is 0 Å². The highest BCUT2D eigenvalue weighted by Gasteiger charge is 2.17. The molecule has 2 heterocycles. The Morgan fingerprint density at radius 1 is 1.08 bits per heavy atom. The SMILES string of the molecule is O=C(Cc1ccc(-c2nc3cc(Cl)cc(Cl)c3o2)cc1)N1CCCCC1. The first-order valence-electron chi connectivity index (χ1n) is 8.73. The molecule has 1 aliphatic rings. The number of carbonyl (C=O) groups is 1. The fraction of sp³-hybridized carbons (Fsp3) is 0.300. The second-order valence-electron chi connectivity index (χ2n) is 6.57. The van der Waals surface area contributed by atoms with Crippen LogP contribution < -0.4 is 0 Å². The summed E-state index contributed by atoms with van der Waals surface area (Å²) < 4.78 is 5.78. The molecule has 26 heavy (non-hydrogen) atoms. The number of likely N-dealkylation sites (tertiary alicyclic amines) is 1. The second kappa shape index (κ2) is 7.29. The lowest BCUT2D eigenvalue weighted by atomic mass is 10.1. The van der Waals surface area contributed by atoms with Gasteiger partial charge in [-0.1, -0.05) is 35.3 Å². The summed E-state index contributed by atoms with van der Waals surface area (Å²) in [6.45, 7) is 1.76. The molecule has 1 aromatic heterocycles. The standard InChI is InChI=1S/C20H18Cl2N2O2/c21-15-11-16(22)19-17(12-15)23-20(26-19)14-6-4-13(5-7-14)10-18(25)24-8-2-1-3-9-24/h4-7,11-12H,1-3,8-10H2. The average molecular weight is 389 g/mol. The molecule has 0 spiro atoms. The molecule has 0 aliphatic carbocycles. The largest absolute Gasteiger partial charge is 0.435 e. The number of amides is 1. The zero-order chi connectivity index (χ0) is 18.1. The van der Waals surface area contributed by atoms with Crippen molar-refractivity contribution in [2.45, 2.75) is 25.7 Å². The number of rotatable bonds is 3. The first-order valence-corrected chi connectivity index (χ1v) is 9.48. The van der Waals surface area contributed by atoms with E-state index in [-0.39, 0.29) is 5.91 Å². The van der Waals surface area contributed by atoms with Gasteiger partial charge in [-0.3, -0.25) is 4.79 Å². The molecule has 0 radical (unpaired) electrons. The summed E-state index contributed by atoms with van der Waals surface area (Å²) in [4.78, 5) is 18.8. The average Bonchev–Trinajstić information content (AvgIpc) is 3.07. The number of benzene rings is 2. The van der Waals surface area contributed by atoms with Gasteiger partial charge < -0.3 is 9.32 Å². The quantitative estimate of drug-likeness (QED) is 0.606. The molecule has 0 unspecified atom stereocenters. The topological polar surface area (TPSA) is 46.3 Å². The van der Waals surface area contributed by atoms with Gasteiger partial charge >= 0.3 is 0 Å². The zero-order valence-corrected chi connectivity index (χ0v) is 15.7. The monoisotopic (exact) mass is 388 g/mol. The van der Waals surface area contributed by atoms with E-state index in [9.17, 15) is 4.79 Å². The molecule has 4 rings (SSSR count). The van der Waals surface area contributed by atoms with Crippen LogP contribution in [0.15, 0.2) is 40.8 Å². The first kappa shape index (κ1) is 17.4. The van der Waals surface area contributed by atoms with E-state index < -0.39 is 0 Å². The summed E-state index contributed by atoms with van der Waals surface area (Å²) in [6, 6.07) is 11.1. The van der Waals surface area contributed by atoms with Crippen molar-refractivity contribution in [3.05, 3.63) is 52.0 Å². The highest BCUT2D eigenvalue weighted by molar-refractivity contribution is 6.38. The predicted molar refractivity (Wildman–Crippen MR) is 104 cm³/mol. The highest BCUT2D eigenvalue weighted by Crippen LogP contribution is 2.32. The van der Waals surface area contributed by atoms with Gasteiger partial charge in [-0.2, -0.15) is 0 Å². The lowest BCUT2D eigenvalue weighted by Crippen LogP contribution is -2.36. The maximum absolute atomic E-state index is 12.4. The van der Waals surface area contributed by atoms with Crippen LogP contribution in [0.5, 0.6) is 0 Å². The molecule has 0 N–H and O–H groups in total. The summed E-state index contributed by atoms with van der Waals surface area (Å²) in [5.74, 6) is 0.679. The van der Waals surface area contributed by atoms with E-state index >= 15 is 0 Å². The molecule has 0 saturated carbocycles. The number of fused-ring (bicyclic) bond motifs is 1. The Morgan fingerprint density at radius 3 is 2.54 bits per heavy atom. The molecule has 3 aromatic rings. The van der Waals surface area contributed by atoms with E-state index in [4.69, 9.17) is 27.6 Å². The van der Waals surface area contributed by atoms with Crippen LogP contribution in [0, 0.1) is 0 Å². The number of hydrogen-bond donors (Lipinski definition) is 0. The van der Waals surface area contributed by atoms with Crippen LogP contribution in [0.1, 0.15) is 24.8 Å². The smallest absolute Gasteiger partial charge is 0.227 e. The Balaban J connectivity index is 1.52. The van der Waals surface area contributed by atoms with Gasteiger partial charge in [-0.15, -0.1) is 0 Å².